The van der Waals surface area contributed by atoms with Crippen LogP contribution in [0, 0.1) is 0 Å². The number of aromatic nitrogens is 2. The lowest BCUT2D eigenvalue weighted by Gasteiger charge is -2.09. The molecule has 2 rings (SSSR count). The van der Waals surface area contributed by atoms with Crippen molar-refractivity contribution in [3.63, 3.8) is 0 Å². The molecule has 1 aromatic heterocycles. The molecule has 0 amide bonds. The molecule has 0 saturated carbocycles. The van der Waals surface area contributed by atoms with Gasteiger partial charge in [0, 0.05) is 11.9 Å². The van der Waals surface area contributed by atoms with Crippen LogP contribution in [0.2, 0.25) is 5.15 Å². The topological polar surface area (TPSA) is 98.0 Å². The molecule has 0 fully saturated rings. The van der Waals surface area contributed by atoms with E-state index in [9.17, 15) is 8.42 Å². The minimum Gasteiger partial charge on any atom is -0.398 e. The van der Waals surface area contributed by atoms with E-state index in [0.717, 1.165) is 12.0 Å². The van der Waals surface area contributed by atoms with Crippen LogP contribution in [-0.2, 0) is 16.4 Å². The minimum absolute atomic E-state index is 0.0516. The molecule has 1 heterocycles. The zero-order valence-corrected chi connectivity index (χ0v) is 12.2. The normalized spacial score (nSPS) is 11.3. The van der Waals surface area contributed by atoms with Crippen LogP contribution in [0.5, 0.6) is 0 Å². The van der Waals surface area contributed by atoms with Crippen molar-refractivity contribution in [3.8, 4) is 0 Å². The first-order valence-corrected chi connectivity index (χ1v) is 7.68. The standard InChI is InChI=1S/C12H13ClN4O2S/c1-2-8-3-4-9(7-10(8)14)20(18,19)17-12-15-6-5-11(13)16-12/h3-7H,2,14H2,1H3,(H,15,16,17). The Labute approximate surface area is 122 Å². The molecule has 0 spiro atoms. The second-order valence-electron chi connectivity index (χ2n) is 4.02. The summed E-state index contributed by atoms with van der Waals surface area (Å²) in [6.45, 7) is 1.94. The van der Waals surface area contributed by atoms with Crippen LogP contribution in [0.3, 0.4) is 0 Å². The summed E-state index contributed by atoms with van der Waals surface area (Å²) in [4.78, 5) is 7.61. The Morgan fingerprint density at radius 1 is 1.35 bits per heavy atom. The minimum atomic E-state index is -3.79. The Kier molecular flexibility index (Phi) is 4.10. The number of rotatable bonds is 4. The van der Waals surface area contributed by atoms with E-state index in [0.29, 0.717) is 5.69 Å². The zero-order chi connectivity index (χ0) is 14.8. The van der Waals surface area contributed by atoms with E-state index in [4.69, 9.17) is 17.3 Å². The molecule has 2 aromatic rings. The molecule has 0 radical (unpaired) electrons. The van der Waals surface area contributed by atoms with Gasteiger partial charge >= 0.3 is 0 Å². The van der Waals surface area contributed by atoms with Gasteiger partial charge in [-0.15, -0.1) is 0 Å². The third kappa shape index (κ3) is 3.17. The van der Waals surface area contributed by atoms with E-state index < -0.39 is 10.0 Å². The molecule has 3 N–H and O–H groups in total. The number of aryl methyl sites for hydroxylation is 1. The molecule has 0 aliphatic carbocycles. The molecule has 0 saturated heterocycles. The van der Waals surface area contributed by atoms with Crippen LogP contribution in [0.4, 0.5) is 11.6 Å². The highest BCUT2D eigenvalue weighted by molar-refractivity contribution is 7.92. The average Bonchev–Trinajstić information content (AvgIpc) is 2.38. The SMILES string of the molecule is CCc1ccc(S(=O)(=O)Nc2nccc(Cl)n2)cc1N. The fourth-order valence-corrected chi connectivity index (χ4v) is 2.75. The van der Waals surface area contributed by atoms with Gasteiger partial charge in [0.25, 0.3) is 10.0 Å². The van der Waals surface area contributed by atoms with Crippen molar-refractivity contribution in [2.45, 2.75) is 18.2 Å². The van der Waals surface area contributed by atoms with Gasteiger partial charge in [-0.05, 0) is 30.2 Å². The maximum atomic E-state index is 12.2. The lowest BCUT2D eigenvalue weighted by Crippen LogP contribution is -2.15. The lowest BCUT2D eigenvalue weighted by atomic mass is 10.1. The summed E-state index contributed by atoms with van der Waals surface area (Å²) in [7, 11) is -3.79. The Balaban J connectivity index is 2.33. The number of hydrogen-bond donors (Lipinski definition) is 2. The summed E-state index contributed by atoms with van der Waals surface area (Å²) in [5.74, 6) is -0.0874. The van der Waals surface area contributed by atoms with E-state index >= 15 is 0 Å². The van der Waals surface area contributed by atoms with E-state index in [-0.39, 0.29) is 16.0 Å². The second-order valence-corrected chi connectivity index (χ2v) is 6.09. The molecule has 0 aliphatic heterocycles. The molecular formula is C12H13ClN4O2S. The highest BCUT2D eigenvalue weighted by Crippen LogP contribution is 2.20. The van der Waals surface area contributed by atoms with Gasteiger partial charge in [0.15, 0.2) is 0 Å². The number of nitrogen functional groups attached to an aromatic ring is 1. The number of hydrogen-bond acceptors (Lipinski definition) is 5. The van der Waals surface area contributed by atoms with Gasteiger partial charge in [-0.3, -0.25) is 0 Å². The van der Waals surface area contributed by atoms with E-state index in [2.05, 4.69) is 14.7 Å². The largest absolute Gasteiger partial charge is 0.398 e. The average molecular weight is 313 g/mol. The monoisotopic (exact) mass is 312 g/mol. The number of benzene rings is 1. The zero-order valence-electron chi connectivity index (χ0n) is 10.7. The summed E-state index contributed by atoms with van der Waals surface area (Å²) >= 11 is 5.68. The summed E-state index contributed by atoms with van der Waals surface area (Å²) in [6, 6.07) is 6.03. The molecule has 0 bridgehead atoms. The Bertz CT molecular complexity index is 734. The lowest BCUT2D eigenvalue weighted by molar-refractivity contribution is 0.601. The third-order valence-electron chi connectivity index (χ3n) is 2.66. The number of nitrogens with one attached hydrogen (secondary N) is 1. The van der Waals surface area contributed by atoms with Crippen molar-refractivity contribution in [2.75, 3.05) is 10.5 Å². The smallest absolute Gasteiger partial charge is 0.264 e. The number of nitrogens with zero attached hydrogens (tertiary/aromatic N) is 2. The predicted molar refractivity (Wildman–Crippen MR) is 78.1 cm³/mol. The molecule has 0 aliphatic rings. The highest BCUT2D eigenvalue weighted by Gasteiger charge is 2.16. The van der Waals surface area contributed by atoms with E-state index in [1.165, 1.54) is 24.4 Å². The van der Waals surface area contributed by atoms with E-state index in [1.54, 1.807) is 6.07 Å². The van der Waals surface area contributed by atoms with Gasteiger partial charge in [0.1, 0.15) is 5.15 Å². The molecule has 8 heteroatoms. The molecule has 20 heavy (non-hydrogen) atoms. The van der Waals surface area contributed by atoms with Crippen molar-refractivity contribution in [1.82, 2.24) is 9.97 Å². The quantitative estimate of drug-likeness (QED) is 0.665. The number of sulfonamides is 1. The fraction of sp³-hybridized carbons (Fsp3) is 0.167. The maximum Gasteiger partial charge on any atom is 0.264 e. The van der Waals surface area contributed by atoms with Crippen molar-refractivity contribution < 1.29 is 8.42 Å². The van der Waals surface area contributed by atoms with Crippen molar-refractivity contribution >= 4 is 33.3 Å². The van der Waals surface area contributed by atoms with Crippen molar-refractivity contribution in [1.29, 1.82) is 0 Å². The van der Waals surface area contributed by atoms with Gasteiger partial charge in [0.05, 0.1) is 4.90 Å². The first-order chi connectivity index (χ1) is 9.42. The maximum absolute atomic E-state index is 12.2. The van der Waals surface area contributed by atoms with Crippen LogP contribution in [0.15, 0.2) is 35.4 Å². The molecule has 6 nitrogen and oxygen atoms in total. The van der Waals surface area contributed by atoms with Gasteiger partial charge in [-0.2, -0.15) is 0 Å². The fourth-order valence-electron chi connectivity index (χ4n) is 1.63. The molecule has 0 unspecified atom stereocenters. The van der Waals surface area contributed by atoms with Gasteiger partial charge in [0.2, 0.25) is 5.95 Å². The van der Waals surface area contributed by atoms with Gasteiger partial charge < -0.3 is 5.73 Å². The van der Waals surface area contributed by atoms with E-state index in [1.807, 2.05) is 6.92 Å². The first kappa shape index (κ1) is 14.5. The Hall–Kier alpha value is -1.86. The van der Waals surface area contributed by atoms with Crippen LogP contribution < -0.4 is 10.5 Å². The Morgan fingerprint density at radius 3 is 2.70 bits per heavy atom. The molecule has 0 atom stereocenters. The van der Waals surface area contributed by atoms with Gasteiger partial charge in [-0.1, -0.05) is 24.6 Å². The molecule has 106 valence electrons. The van der Waals surface area contributed by atoms with Crippen molar-refractivity contribution in [2.24, 2.45) is 0 Å². The highest BCUT2D eigenvalue weighted by atomic mass is 35.5. The third-order valence-corrected chi connectivity index (χ3v) is 4.19. The second kappa shape index (κ2) is 5.64. The van der Waals surface area contributed by atoms with Crippen LogP contribution >= 0.6 is 11.6 Å². The number of halogens is 1. The first-order valence-electron chi connectivity index (χ1n) is 5.82. The predicted octanol–water partition coefficient (Wildman–Crippen LogP) is 2.08. The molecule has 1 aromatic carbocycles. The molecular weight excluding hydrogens is 300 g/mol. The van der Waals surface area contributed by atoms with Crippen LogP contribution in [0.25, 0.3) is 0 Å². The van der Waals surface area contributed by atoms with Crippen LogP contribution in [-0.4, -0.2) is 18.4 Å². The summed E-state index contributed by atoms with van der Waals surface area (Å²) in [6.07, 6.45) is 2.10. The summed E-state index contributed by atoms with van der Waals surface area (Å²) < 4.78 is 26.6. The van der Waals surface area contributed by atoms with Crippen molar-refractivity contribution in [3.05, 3.63) is 41.2 Å². The summed E-state index contributed by atoms with van der Waals surface area (Å²) in [5.41, 5.74) is 7.13. The number of nitrogens with two attached hydrogens (primary N) is 1. The van der Waals surface area contributed by atoms with Crippen LogP contribution in [0.1, 0.15) is 12.5 Å². The summed E-state index contributed by atoms with van der Waals surface area (Å²) in [5, 5.41) is 0.151. The Morgan fingerprint density at radius 2 is 2.10 bits per heavy atom. The van der Waals surface area contributed by atoms with Gasteiger partial charge in [-0.25, -0.2) is 23.1 Å². The number of anilines is 2.